The molecule has 276 valence electrons. The molecule has 2 atom stereocenters. The van der Waals surface area contributed by atoms with Crippen LogP contribution in [0.2, 0.25) is 5.02 Å². The maximum absolute atomic E-state index is 15.1. The van der Waals surface area contributed by atoms with Gasteiger partial charge in [-0.3, -0.25) is 29.4 Å². The Bertz CT molecular complexity index is 2110. The van der Waals surface area contributed by atoms with E-state index in [1.807, 2.05) is 12.1 Å². The molecule has 2 aromatic carbocycles. The number of halogens is 2. The molecule has 53 heavy (non-hydrogen) atoms. The van der Waals surface area contributed by atoms with E-state index in [1.165, 1.54) is 12.1 Å². The van der Waals surface area contributed by atoms with E-state index in [4.69, 9.17) is 16.3 Å². The number of benzene rings is 2. The van der Waals surface area contributed by atoms with Crippen LogP contribution in [0.15, 0.2) is 48.7 Å². The number of aromatic amines is 1. The summed E-state index contributed by atoms with van der Waals surface area (Å²) in [7, 11) is 2.07. The number of amides is 4. The average molecular weight is 742 g/mol. The van der Waals surface area contributed by atoms with Crippen LogP contribution in [0, 0.1) is 11.7 Å². The predicted molar refractivity (Wildman–Crippen MR) is 198 cm³/mol. The van der Waals surface area contributed by atoms with Crippen LogP contribution in [0.5, 0.6) is 5.75 Å². The summed E-state index contributed by atoms with van der Waals surface area (Å²) in [6.07, 6.45) is 6.93. The number of rotatable bonds is 9. The molecule has 1 unspecified atom stereocenters. The van der Waals surface area contributed by atoms with E-state index < -0.39 is 23.7 Å². The first kappa shape index (κ1) is 35.0. The van der Waals surface area contributed by atoms with Gasteiger partial charge >= 0.3 is 0 Å². The van der Waals surface area contributed by atoms with Gasteiger partial charge in [0.25, 0.3) is 11.8 Å². The van der Waals surface area contributed by atoms with Crippen LogP contribution in [0.3, 0.4) is 0 Å². The number of piperidine rings is 2. The van der Waals surface area contributed by atoms with Crippen LogP contribution in [0.4, 0.5) is 15.9 Å². The zero-order valence-electron chi connectivity index (χ0n) is 29.4. The molecule has 0 aliphatic carbocycles. The second kappa shape index (κ2) is 14.4. The number of aromatic nitrogens is 2. The minimum Gasteiger partial charge on any atom is -0.493 e. The summed E-state index contributed by atoms with van der Waals surface area (Å²) in [6.45, 7) is 3.38. The number of fused-ring (bicyclic) bond motifs is 2. The molecule has 4 amide bonds. The van der Waals surface area contributed by atoms with Gasteiger partial charge < -0.3 is 24.8 Å². The number of ether oxygens (including phenoxy) is 1. The van der Waals surface area contributed by atoms with Gasteiger partial charge in [0.05, 0.1) is 34.4 Å². The number of nitrogens with zero attached hydrogens (tertiary/aromatic N) is 4. The normalized spacial score (nSPS) is 21.0. The Hall–Kier alpha value is -5.01. The van der Waals surface area contributed by atoms with Crippen molar-refractivity contribution in [2.75, 3.05) is 43.5 Å². The van der Waals surface area contributed by atoms with Crippen molar-refractivity contribution in [1.29, 1.82) is 0 Å². The molecule has 4 aromatic rings. The molecule has 14 heteroatoms. The number of likely N-dealkylation sites (tertiary alicyclic amines) is 1. The Morgan fingerprint density at radius 2 is 1.89 bits per heavy atom. The maximum Gasteiger partial charge on any atom is 0.259 e. The molecular formula is C39H41ClFN7O5. The summed E-state index contributed by atoms with van der Waals surface area (Å²) in [5.74, 6) is -1.14. The SMILES string of the molecule is CN1CCC[C@@H]1c1[nH]c2cc(NC(=O)c3ccc(OCCC4CCN(c5cccc6c5CN(C5CCC(=O)NC5=O)C6=O)CC4)cc3F)ncc2c1Cl. The van der Waals surface area contributed by atoms with E-state index in [1.54, 1.807) is 29.3 Å². The molecule has 0 spiro atoms. The summed E-state index contributed by atoms with van der Waals surface area (Å²) in [6, 6.07) is 11.2. The zero-order chi connectivity index (χ0) is 36.8. The Morgan fingerprint density at radius 3 is 2.64 bits per heavy atom. The molecule has 0 saturated carbocycles. The molecule has 12 nitrogen and oxygen atoms in total. The van der Waals surface area contributed by atoms with Gasteiger partial charge in [0.1, 0.15) is 23.4 Å². The van der Waals surface area contributed by atoms with Gasteiger partial charge in [-0.1, -0.05) is 17.7 Å². The van der Waals surface area contributed by atoms with Crippen LogP contribution >= 0.6 is 11.6 Å². The Labute approximate surface area is 311 Å². The summed E-state index contributed by atoms with van der Waals surface area (Å²) < 4.78 is 21.0. The lowest BCUT2D eigenvalue weighted by Crippen LogP contribution is -2.52. The third-order valence-electron chi connectivity index (χ3n) is 11.2. The lowest BCUT2D eigenvalue weighted by atomic mass is 9.93. The first-order valence-electron chi connectivity index (χ1n) is 18.3. The van der Waals surface area contributed by atoms with Crippen molar-refractivity contribution in [1.82, 2.24) is 25.1 Å². The van der Waals surface area contributed by atoms with Gasteiger partial charge in [-0.2, -0.15) is 0 Å². The first-order valence-corrected chi connectivity index (χ1v) is 18.6. The number of H-pyrrole nitrogens is 1. The monoisotopic (exact) mass is 741 g/mol. The maximum atomic E-state index is 15.1. The van der Waals surface area contributed by atoms with Crippen LogP contribution in [-0.2, 0) is 16.1 Å². The highest BCUT2D eigenvalue weighted by molar-refractivity contribution is 6.36. The van der Waals surface area contributed by atoms with Gasteiger partial charge in [-0.25, -0.2) is 9.37 Å². The van der Waals surface area contributed by atoms with Crippen LogP contribution in [0.25, 0.3) is 10.9 Å². The van der Waals surface area contributed by atoms with Gasteiger partial charge in [0.2, 0.25) is 11.8 Å². The fourth-order valence-electron chi connectivity index (χ4n) is 8.28. The second-order valence-electron chi connectivity index (χ2n) is 14.5. The van der Waals surface area contributed by atoms with Crippen molar-refractivity contribution < 1.29 is 28.3 Å². The van der Waals surface area contributed by atoms with Crippen molar-refractivity contribution in [2.45, 2.75) is 63.6 Å². The van der Waals surface area contributed by atoms with E-state index in [0.29, 0.717) is 41.8 Å². The third kappa shape index (κ3) is 6.83. The molecule has 8 rings (SSSR count). The van der Waals surface area contributed by atoms with E-state index in [9.17, 15) is 19.2 Å². The number of pyridine rings is 1. The lowest BCUT2D eigenvalue weighted by Gasteiger charge is -2.35. The Morgan fingerprint density at radius 1 is 1.06 bits per heavy atom. The smallest absolute Gasteiger partial charge is 0.259 e. The van der Waals surface area contributed by atoms with Crippen molar-refractivity contribution in [3.8, 4) is 5.75 Å². The second-order valence-corrected chi connectivity index (χ2v) is 14.9. The first-order chi connectivity index (χ1) is 25.6. The minimum absolute atomic E-state index is 0.112. The molecule has 3 N–H and O–H groups in total. The summed E-state index contributed by atoms with van der Waals surface area (Å²) in [5.41, 5.74) is 4.12. The van der Waals surface area contributed by atoms with Crippen molar-refractivity contribution >= 4 is 57.6 Å². The number of anilines is 2. The topological polar surface area (TPSA) is 140 Å². The van der Waals surface area contributed by atoms with E-state index in [-0.39, 0.29) is 35.7 Å². The fraction of sp³-hybridized carbons (Fsp3) is 0.410. The van der Waals surface area contributed by atoms with Crippen molar-refractivity contribution in [3.05, 3.63) is 81.9 Å². The van der Waals surface area contributed by atoms with Gasteiger partial charge in [0.15, 0.2) is 0 Å². The number of carbonyl (C=O) groups excluding carboxylic acids is 4. The van der Waals surface area contributed by atoms with E-state index in [2.05, 4.69) is 37.4 Å². The Balaban J connectivity index is 0.826. The molecule has 3 saturated heterocycles. The van der Waals surface area contributed by atoms with Gasteiger partial charge in [0, 0.05) is 66.6 Å². The minimum atomic E-state index is -0.686. The molecule has 4 aliphatic rings. The van der Waals surface area contributed by atoms with Crippen LogP contribution < -0.4 is 20.3 Å². The van der Waals surface area contributed by atoms with E-state index >= 15 is 4.39 Å². The number of hydrogen-bond donors (Lipinski definition) is 3. The molecule has 2 aromatic heterocycles. The standard InChI is InChI=1S/C39H41ClFN7O5/c1-46-14-3-6-31(46)36-35(40)26-20-42-33(19-29(26)43-36)44-37(50)25-8-7-23(18-28(25)41)53-17-13-22-11-15-47(16-12-22)30-5-2-4-24-27(30)21-48(39(24)52)32-9-10-34(49)45-38(32)51/h2,4-5,7-8,18-20,22,31-32,43H,3,6,9-17,21H2,1H3,(H,42,44,50)(H,45,49,51)/t31-,32?/m1/s1. The highest BCUT2D eigenvalue weighted by Crippen LogP contribution is 2.39. The third-order valence-corrected chi connectivity index (χ3v) is 11.6. The van der Waals surface area contributed by atoms with Crippen molar-refractivity contribution in [2.24, 2.45) is 5.92 Å². The molecule has 3 fully saturated rings. The van der Waals surface area contributed by atoms with Crippen molar-refractivity contribution in [3.63, 3.8) is 0 Å². The summed E-state index contributed by atoms with van der Waals surface area (Å²) in [4.78, 5) is 64.3. The lowest BCUT2D eigenvalue weighted by molar-refractivity contribution is -0.136. The number of nitrogens with one attached hydrogen (secondary N) is 3. The quantitative estimate of drug-likeness (QED) is 0.183. The molecule has 0 radical (unpaired) electrons. The van der Waals surface area contributed by atoms with E-state index in [0.717, 1.165) is 79.6 Å². The molecule has 6 heterocycles. The van der Waals surface area contributed by atoms with Crippen LogP contribution in [-0.4, -0.2) is 82.7 Å². The predicted octanol–water partition coefficient (Wildman–Crippen LogP) is 5.82. The number of hydrogen-bond acceptors (Lipinski definition) is 8. The highest BCUT2D eigenvalue weighted by Gasteiger charge is 2.40. The highest BCUT2D eigenvalue weighted by atomic mass is 35.5. The van der Waals surface area contributed by atoms with Gasteiger partial charge in [-0.15, -0.1) is 0 Å². The average Bonchev–Trinajstić information content (AvgIpc) is 3.82. The molecular weight excluding hydrogens is 701 g/mol. The largest absolute Gasteiger partial charge is 0.493 e. The summed E-state index contributed by atoms with van der Waals surface area (Å²) in [5, 5.41) is 6.47. The number of carbonyl (C=O) groups is 4. The number of imide groups is 1. The van der Waals surface area contributed by atoms with Gasteiger partial charge in [-0.05, 0) is 82.3 Å². The summed E-state index contributed by atoms with van der Waals surface area (Å²) >= 11 is 6.68. The fourth-order valence-corrected chi connectivity index (χ4v) is 8.60. The zero-order valence-corrected chi connectivity index (χ0v) is 30.2. The van der Waals surface area contributed by atoms with Crippen LogP contribution in [0.1, 0.15) is 83.0 Å². The Kier molecular flexibility index (Phi) is 9.54. The molecule has 4 aliphatic heterocycles. The molecule has 0 bridgehead atoms.